The van der Waals surface area contributed by atoms with Gasteiger partial charge in [-0.1, -0.05) is 78.9 Å². The van der Waals surface area contributed by atoms with Crippen LogP contribution in [-0.2, 0) is 38.7 Å². The van der Waals surface area contributed by atoms with Gasteiger partial charge in [0.1, 0.15) is 12.1 Å². The lowest BCUT2D eigenvalue weighted by Crippen LogP contribution is -2.59. The number of amides is 6. The molecule has 1 heterocycles. The monoisotopic (exact) mass is 713 g/mol. The van der Waals surface area contributed by atoms with Crippen molar-refractivity contribution in [3.05, 3.63) is 108 Å². The standard InChI is InChI=1S/C38H47N7O7/c1-38(2,3)43-36(50)42-31(18-19-33(46)47)34(48)41-32(22-28-23-40-30-17-11-10-16-29(28)30)35(49)44-45(24-26-12-6-4-7-13-26)37(51)39-20-21-52-25-27-14-8-5-9-15-27/h4-17,23,31-32,40H,18-22,24-25H2,1-3H3,(H,39,51)(H,41,48)(H,44,49)(H,46,47)(H2,42,43,50)/t31-,32-/m0/s1. The molecule has 0 saturated carbocycles. The van der Waals surface area contributed by atoms with E-state index in [-0.39, 0.29) is 32.5 Å². The summed E-state index contributed by atoms with van der Waals surface area (Å²) >= 11 is 0. The maximum absolute atomic E-state index is 14.1. The maximum atomic E-state index is 14.1. The van der Waals surface area contributed by atoms with Gasteiger partial charge >= 0.3 is 18.0 Å². The van der Waals surface area contributed by atoms with E-state index < -0.39 is 53.9 Å². The summed E-state index contributed by atoms with van der Waals surface area (Å²) in [7, 11) is 0. The number of rotatable bonds is 16. The number of ether oxygens (including phenoxy) is 1. The molecule has 14 heteroatoms. The van der Waals surface area contributed by atoms with Gasteiger partial charge in [0.2, 0.25) is 5.91 Å². The van der Waals surface area contributed by atoms with Crippen molar-refractivity contribution in [3.8, 4) is 0 Å². The fraction of sp³-hybridized carbons (Fsp3) is 0.342. The normalized spacial score (nSPS) is 12.3. The van der Waals surface area contributed by atoms with Gasteiger partial charge in [0.05, 0.1) is 19.8 Å². The molecule has 0 aliphatic heterocycles. The maximum Gasteiger partial charge on any atom is 0.336 e. The number of aromatic nitrogens is 1. The van der Waals surface area contributed by atoms with Gasteiger partial charge in [0.15, 0.2) is 0 Å². The number of carbonyl (C=O) groups is 5. The zero-order valence-electron chi connectivity index (χ0n) is 29.6. The van der Waals surface area contributed by atoms with Crippen molar-refractivity contribution in [2.24, 2.45) is 0 Å². The SMILES string of the molecule is CC(C)(C)NC(=O)N[C@@H](CCC(=O)O)C(=O)N[C@@H](Cc1c[nH]c2ccccc12)C(=O)NN(Cc1ccccc1)C(=O)NCCOCc1ccccc1. The number of hydrogen-bond donors (Lipinski definition) is 7. The quantitative estimate of drug-likeness (QED) is 0.0674. The van der Waals surface area contributed by atoms with Crippen molar-refractivity contribution in [1.29, 1.82) is 0 Å². The molecule has 0 radical (unpaired) electrons. The van der Waals surface area contributed by atoms with Gasteiger partial charge < -0.3 is 36.1 Å². The molecule has 0 aliphatic carbocycles. The Hall–Kier alpha value is -5.89. The summed E-state index contributed by atoms with van der Waals surface area (Å²) in [4.78, 5) is 68.7. The van der Waals surface area contributed by atoms with Crippen LogP contribution in [0.2, 0.25) is 0 Å². The molecule has 0 bridgehead atoms. The van der Waals surface area contributed by atoms with Gasteiger partial charge in [-0.25, -0.2) is 14.6 Å². The molecule has 4 rings (SSSR count). The zero-order chi connectivity index (χ0) is 37.5. The summed E-state index contributed by atoms with van der Waals surface area (Å²) in [5, 5.41) is 22.0. The number of carboxylic acids is 1. The molecule has 3 aromatic carbocycles. The molecule has 2 atom stereocenters. The molecule has 1 aromatic heterocycles. The Morgan fingerprint density at radius 3 is 2.15 bits per heavy atom. The molecule has 0 saturated heterocycles. The van der Waals surface area contributed by atoms with E-state index in [4.69, 9.17) is 4.74 Å². The van der Waals surface area contributed by atoms with Gasteiger partial charge in [-0.2, -0.15) is 0 Å². The van der Waals surface area contributed by atoms with Gasteiger partial charge in [0.25, 0.3) is 5.91 Å². The topological polar surface area (TPSA) is 194 Å². The van der Waals surface area contributed by atoms with Crippen molar-refractivity contribution in [2.75, 3.05) is 13.2 Å². The smallest absolute Gasteiger partial charge is 0.336 e. The molecule has 276 valence electrons. The Bertz CT molecular complexity index is 1790. The van der Waals surface area contributed by atoms with Crippen LogP contribution in [0.15, 0.2) is 91.1 Å². The van der Waals surface area contributed by atoms with Crippen LogP contribution < -0.4 is 26.7 Å². The molecule has 7 N–H and O–H groups in total. The Morgan fingerprint density at radius 2 is 1.48 bits per heavy atom. The van der Waals surface area contributed by atoms with E-state index in [0.29, 0.717) is 12.2 Å². The lowest BCUT2D eigenvalue weighted by atomic mass is 10.0. The first-order chi connectivity index (χ1) is 24.9. The molecular formula is C38H47N7O7. The molecule has 4 aromatic rings. The Kier molecular flexibility index (Phi) is 14.2. The first-order valence-corrected chi connectivity index (χ1v) is 17.1. The van der Waals surface area contributed by atoms with Crippen LogP contribution in [0.5, 0.6) is 0 Å². The number of para-hydroxylation sites is 1. The number of nitrogens with zero attached hydrogens (tertiary/aromatic N) is 1. The van der Waals surface area contributed by atoms with Crippen LogP contribution in [0, 0.1) is 0 Å². The highest BCUT2D eigenvalue weighted by atomic mass is 16.5. The minimum atomic E-state index is -1.28. The average Bonchev–Trinajstić information content (AvgIpc) is 3.51. The van der Waals surface area contributed by atoms with Gasteiger partial charge in [-0.3, -0.25) is 19.8 Å². The van der Waals surface area contributed by atoms with Crippen molar-refractivity contribution in [1.82, 2.24) is 36.7 Å². The number of carboxylic acid groups (broad SMARTS) is 1. The summed E-state index contributed by atoms with van der Waals surface area (Å²) in [6.45, 7) is 6.04. The minimum absolute atomic E-state index is 0.00675. The van der Waals surface area contributed by atoms with E-state index in [0.717, 1.165) is 27.0 Å². The van der Waals surface area contributed by atoms with Crippen molar-refractivity contribution < 1.29 is 33.8 Å². The first kappa shape index (κ1) is 38.9. The third-order valence-electron chi connectivity index (χ3n) is 7.80. The second-order valence-corrected chi connectivity index (χ2v) is 13.3. The number of hydrazine groups is 1. The lowest BCUT2D eigenvalue weighted by Gasteiger charge is -2.28. The van der Waals surface area contributed by atoms with Crippen LogP contribution in [0.25, 0.3) is 10.9 Å². The van der Waals surface area contributed by atoms with Crippen LogP contribution in [0.3, 0.4) is 0 Å². The Balaban J connectivity index is 1.53. The van der Waals surface area contributed by atoms with E-state index in [9.17, 15) is 29.1 Å². The largest absolute Gasteiger partial charge is 0.481 e. The van der Waals surface area contributed by atoms with E-state index >= 15 is 0 Å². The number of benzene rings is 3. The van der Waals surface area contributed by atoms with Crippen LogP contribution in [0.4, 0.5) is 9.59 Å². The molecule has 6 amide bonds. The molecular weight excluding hydrogens is 666 g/mol. The molecule has 52 heavy (non-hydrogen) atoms. The molecule has 0 fully saturated rings. The van der Waals surface area contributed by atoms with Crippen molar-refractivity contribution >= 4 is 40.7 Å². The average molecular weight is 714 g/mol. The highest BCUT2D eigenvalue weighted by Crippen LogP contribution is 2.19. The third kappa shape index (κ3) is 12.8. The van der Waals surface area contributed by atoms with Crippen LogP contribution in [0.1, 0.15) is 50.3 Å². The highest BCUT2D eigenvalue weighted by Gasteiger charge is 2.30. The fourth-order valence-electron chi connectivity index (χ4n) is 5.30. The Morgan fingerprint density at radius 1 is 0.827 bits per heavy atom. The highest BCUT2D eigenvalue weighted by molar-refractivity contribution is 5.93. The number of fused-ring (bicyclic) bond motifs is 1. The van der Waals surface area contributed by atoms with Crippen LogP contribution >= 0.6 is 0 Å². The number of aliphatic carboxylic acids is 1. The van der Waals surface area contributed by atoms with E-state index in [1.54, 1.807) is 27.0 Å². The number of nitrogens with one attached hydrogen (secondary N) is 6. The second kappa shape index (κ2) is 18.9. The number of hydrogen-bond acceptors (Lipinski definition) is 6. The van der Waals surface area contributed by atoms with Gasteiger partial charge in [0, 0.05) is 42.0 Å². The molecule has 0 aliphatic rings. The first-order valence-electron chi connectivity index (χ1n) is 17.1. The van der Waals surface area contributed by atoms with Gasteiger partial charge in [-0.15, -0.1) is 0 Å². The Labute approximate surface area is 302 Å². The summed E-state index contributed by atoms with van der Waals surface area (Å²) in [6.07, 6.45) is 1.11. The lowest BCUT2D eigenvalue weighted by molar-refractivity contribution is -0.137. The number of urea groups is 2. The van der Waals surface area contributed by atoms with E-state index in [2.05, 4.69) is 31.7 Å². The summed E-state index contributed by atoms with van der Waals surface area (Å²) < 4.78 is 5.69. The third-order valence-corrected chi connectivity index (χ3v) is 7.80. The van der Waals surface area contributed by atoms with E-state index in [1.165, 1.54) is 0 Å². The van der Waals surface area contributed by atoms with Crippen molar-refractivity contribution in [2.45, 2.75) is 70.8 Å². The number of H-pyrrole nitrogens is 1. The second-order valence-electron chi connectivity index (χ2n) is 13.3. The molecule has 0 spiro atoms. The summed E-state index contributed by atoms with van der Waals surface area (Å²) in [5.41, 5.74) is 5.31. The predicted molar refractivity (Wildman–Crippen MR) is 196 cm³/mol. The fourth-order valence-corrected chi connectivity index (χ4v) is 5.30. The summed E-state index contributed by atoms with van der Waals surface area (Å²) in [5.74, 6) is -2.63. The van der Waals surface area contributed by atoms with E-state index in [1.807, 2.05) is 84.9 Å². The zero-order valence-corrected chi connectivity index (χ0v) is 29.6. The predicted octanol–water partition coefficient (Wildman–Crippen LogP) is 3.99. The van der Waals surface area contributed by atoms with Gasteiger partial charge in [-0.05, 0) is 49.9 Å². The molecule has 0 unspecified atom stereocenters. The number of carbonyl (C=O) groups excluding carboxylic acids is 4. The van der Waals surface area contributed by atoms with Crippen LogP contribution in [-0.4, -0.2) is 75.7 Å². The summed E-state index contributed by atoms with van der Waals surface area (Å²) in [6, 6.07) is 22.4. The van der Waals surface area contributed by atoms with Crippen molar-refractivity contribution in [3.63, 3.8) is 0 Å². The number of aromatic amines is 1. The minimum Gasteiger partial charge on any atom is -0.481 e. The molecule has 14 nitrogen and oxygen atoms in total.